The van der Waals surface area contributed by atoms with Gasteiger partial charge in [0.05, 0.1) is 0 Å². The summed E-state index contributed by atoms with van der Waals surface area (Å²) in [4.78, 5) is 0. The molecule has 0 amide bonds. The third-order valence-electron chi connectivity index (χ3n) is 0.218. The first-order chi connectivity index (χ1) is 3.06. The van der Waals surface area contributed by atoms with Crippen LogP contribution in [-0.4, -0.2) is 10.1 Å². The van der Waals surface area contributed by atoms with Crippen LogP contribution in [0.3, 0.4) is 0 Å². The van der Waals surface area contributed by atoms with Crippen molar-refractivity contribution in [2.45, 2.75) is 0 Å². The molecule has 0 aromatic rings. The lowest BCUT2D eigenvalue weighted by molar-refractivity contribution is 0.679. The highest BCUT2D eigenvalue weighted by atomic mass is 32.2. The van der Waals surface area contributed by atoms with Crippen molar-refractivity contribution >= 4 is 15.8 Å². The molecule has 0 heterocycles. The van der Waals surface area contributed by atoms with Gasteiger partial charge in [-0.25, -0.2) is 14.1 Å². The average molecular weight is 119 g/mol. The molecule has 0 aliphatic carbocycles. The Bertz CT molecular complexity index is 174. The Kier molecular flexibility index (Phi) is 1.63. The molecule has 0 aliphatic heterocycles. The molecule has 0 aliphatic rings. The van der Waals surface area contributed by atoms with Gasteiger partial charge in [-0.1, -0.05) is 0 Å². The molecule has 0 spiro atoms. The smallest absolute Gasteiger partial charge is 0.189 e. The first kappa shape index (κ1) is 6.27. The highest BCUT2D eigenvalue weighted by molar-refractivity contribution is 7.96. The van der Waals surface area contributed by atoms with Crippen LogP contribution in [0.25, 0.3) is 0 Å². The number of hydrogen-bond acceptors (Lipinski definition) is 2. The molecular weight excluding hydrogens is 114 g/mol. The molecule has 1 atom stereocenters. The van der Waals surface area contributed by atoms with Gasteiger partial charge in [-0.3, -0.25) is 0 Å². The molecule has 1 unspecified atom stereocenters. The number of rotatable bonds is 1. The molecule has 3 N–H and O–H groups in total. The van der Waals surface area contributed by atoms with Crippen LogP contribution in [0.5, 0.6) is 0 Å². The molecule has 0 bridgehead atoms. The van der Waals surface area contributed by atoms with E-state index in [-0.39, 0.29) is 0 Å². The summed E-state index contributed by atoms with van der Waals surface area (Å²) in [7, 11) is -2.79. The SMILES string of the molecule is C=S(N)(=O)NC#N. The largest absolute Gasteiger partial charge is 0.243 e. The van der Waals surface area contributed by atoms with Crippen LogP contribution in [-0.2, 0) is 9.89 Å². The van der Waals surface area contributed by atoms with Crippen LogP contribution in [0.2, 0.25) is 0 Å². The molecule has 0 fully saturated rings. The van der Waals surface area contributed by atoms with Crippen LogP contribution in [0.4, 0.5) is 0 Å². The summed E-state index contributed by atoms with van der Waals surface area (Å²) < 4.78 is 11.9. The summed E-state index contributed by atoms with van der Waals surface area (Å²) in [5.74, 6) is 2.93. The summed E-state index contributed by atoms with van der Waals surface area (Å²) in [5, 5.41) is 12.5. The predicted octanol–water partition coefficient (Wildman–Crippen LogP) is -1.44. The van der Waals surface area contributed by atoms with Gasteiger partial charge >= 0.3 is 0 Å². The van der Waals surface area contributed by atoms with E-state index in [0.29, 0.717) is 0 Å². The Hall–Kier alpha value is -0.730. The van der Waals surface area contributed by atoms with Crippen molar-refractivity contribution in [2.75, 3.05) is 0 Å². The quantitative estimate of drug-likeness (QED) is 0.252. The summed E-state index contributed by atoms with van der Waals surface area (Å²) in [6.45, 7) is 0. The molecule has 0 aromatic heterocycles. The van der Waals surface area contributed by atoms with Crippen molar-refractivity contribution in [2.24, 2.45) is 5.14 Å². The van der Waals surface area contributed by atoms with E-state index in [2.05, 4.69) is 5.87 Å². The lowest BCUT2D eigenvalue weighted by Gasteiger charge is -1.91. The zero-order valence-electron chi connectivity index (χ0n) is 3.55. The number of nitrogens with one attached hydrogen (secondary N) is 1. The average Bonchev–Trinajstić information content (AvgIpc) is 1.30. The second-order valence-corrected chi connectivity index (χ2v) is 2.60. The Labute approximate surface area is 42.2 Å². The van der Waals surface area contributed by atoms with E-state index in [1.165, 1.54) is 6.19 Å². The van der Waals surface area contributed by atoms with Gasteiger partial charge in [0.2, 0.25) is 0 Å². The van der Waals surface area contributed by atoms with Crippen molar-refractivity contribution in [1.82, 2.24) is 4.72 Å². The van der Waals surface area contributed by atoms with Crippen LogP contribution in [0.1, 0.15) is 0 Å². The van der Waals surface area contributed by atoms with Gasteiger partial charge in [-0.2, -0.15) is 5.26 Å². The van der Waals surface area contributed by atoms with Crippen molar-refractivity contribution in [3.05, 3.63) is 0 Å². The van der Waals surface area contributed by atoms with E-state index in [1.807, 2.05) is 0 Å². The number of nitriles is 1. The van der Waals surface area contributed by atoms with E-state index >= 15 is 0 Å². The third kappa shape index (κ3) is 5.27. The Balaban J connectivity index is 3.92. The Morgan fingerprint density at radius 2 is 2.43 bits per heavy atom. The van der Waals surface area contributed by atoms with Crippen molar-refractivity contribution < 1.29 is 4.21 Å². The standard InChI is InChI=1S/C2H5N3OS/c1-7(4,6)5-2-3/h1H2,(H3,4,5,6). The Morgan fingerprint density at radius 1 is 2.00 bits per heavy atom. The molecule has 0 aromatic carbocycles. The third-order valence-corrected chi connectivity index (χ3v) is 0.655. The summed E-state index contributed by atoms with van der Waals surface area (Å²) in [6, 6.07) is 0. The number of nitrogens with two attached hydrogens (primary N) is 1. The maximum absolute atomic E-state index is 10.1. The first-order valence-corrected chi connectivity index (χ1v) is 3.16. The van der Waals surface area contributed by atoms with Gasteiger partial charge in [-0.05, 0) is 5.87 Å². The van der Waals surface area contributed by atoms with Crippen molar-refractivity contribution in [1.29, 1.82) is 5.26 Å². The number of nitrogens with zero attached hydrogens (tertiary/aromatic N) is 1. The van der Waals surface area contributed by atoms with Gasteiger partial charge in [0.25, 0.3) is 0 Å². The fourth-order valence-electron chi connectivity index (χ4n) is 0.0773. The molecule has 0 saturated carbocycles. The molecule has 0 saturated heterocycles. The fourth-order valence-corrected chi connectivity index (χ4v) is 0.232. The summed E-state index contributed by atoms with van der Waals surface area (Å²) >= 11 is 0. The monoisotopic (exact) mass is 119 g/mol. The molecular formula is C2H5N3OS. The second kappa shape index (κ2) is 1.82. The van der Waals surface area contributed by atoms with Crippen LogP contribution in [0.15, 0.2) is 0 Å². The lowest BCUT2D eigenvalue weighted by Crippen LogP contribution is -2.25. The van der Waals surface area contributed by atoms with Crippen molar-refractivity contribution in [3.8, 4) is 6.19 Å². The topological polar surface area (TPSA) is 78.9 Å². The van der Waals surface area contributed by atoms with E-state index in [1.54, 1.807) is 4.72 Å². The van der Waals surface area contributed by atoms with Gasteiger partial charge in [0.1, 0.15) is 9.89 Å². The maximum atomic E-state index is 10.1. The van der Waals surface area contributed by atoms with Crippen LogP contribution in [0, 0.1) is 11.5 Å². The van der Waals surface area contributed by atoms with Crippen LogP contribution >= 0.6 is 0 Å². The maximum Gasteiger partial charge on any atom is 0.189 e. The van der Waals surface area contributed by atoms with Gasteiger partial charge in [-0.15, -0.1) is 0 Å². The van der Waals surface area contributed by atoms with Gasteiger partial charge in [0, 0.05) is 0 Å². The van der Waals surface area contributed by atoms with E-state index < -0.39 is 9.89 Å². The minimum absolute atomic E-state index is 1.39. The molecule has 7 heavy (non-hydrogen) atoms. The fraction of sp³-hybridized carbons (Fsp3) is 0. The normalized spacial score (nSPS) is 16.6. The molecule has 0 radical (unpaired) electrons. The van der Waals surface area contributed by atoms with E-state index in [0.717, 1.165) is 0 Å². The first-order valence-electron chi connectivity index (χ1n) is 1.37. The Morgan fingerprint density at radius 3 is 2.43 bits per heavy atom. The van der Waals surface area contributed by atoms with Crippen molar-refractivity contribution in [3.63, 3.8) is 0 Å². The predicted molar refractivity (Wildman–Crippen MR) is 28.2 cm³/mol. The number of hydrogen-bond donors (Lipinski definition) is 2. The highest BCUT2D eigenvalue weighted by Gasteiger charge is 1.83. The second-order valence-electron chi connectivity index (χ2n) is 0.940. The highest BCUT2D eigenvalue weighted by Crippen LogP contribution is 1.57. The van der Waals surface area contributed by atoms with Gasteiger partial charge in [0.15, 0.2) is 6.19 Å². The molecule has 40 valence electrons. The molecule has 5 heteroatoms. The van der Waals surface area contributed by atoms with Crippen LogP contribution < -0.4 is 9.86 Å². The van der Waals surface area contributed by atoms with E-state index in [9.17, 15) is 4.21 Å². The lowest BCUT2D eigenvalue weighted by atomic mass is 11.5. The minimum Gasteiger partial charge on any atom is -0.243 e. The van der Waals surface area contributed by atoms with Gasteiger partial charge < -0.3 is 0 Å². The summed E-state index contributed by atoms with van der Waals surface area (Å²) in [6.07, 6.45) is 1.39. The molecule has 0 rings (SSSR count). The zero-order valence-corrected chi connectivity index (χ0v) is 4.36. The zero-order chi connectivity index (χ0) is 5.91. The minimum atomic E-state index is -2.79. The summed E-state index contributed by atoms with van der Waals surface area (Å²) in [5.41, 5.74) is 0. The molecule has 4 nitrogen and oxygen atoms in total. The van der Waals surface area contributed by atoms with E-state index in [4.69, 9.17) is 10.4 Å².